The normalized spacial score (nSPS) is 18.1. The summed E-state index contributed by atoms with van der Waals surface area (Å²) in [5.74, 6) is 0. The van der Waals surface area contributed by atoms with Gasteiger partial charge in [-0.2, -0.15) is 0 Å². The average molecular weight is 333 g/mol. The lowest BCUT2D eigenvalue weighted by Gasteiger charge is -2.34. The first-order valence-corrected chi connectivity index (χ1v) is 8.38. The number of likely N-dealkylation sites (tertiary alicyclic amines) is 1. The molecule has 2 rings (SSSR count). The number of hydrogen-bond donors (Lipinski definition) is 2. The summed E-state index contributed by atoms with van der Waals surface area (Å²) in [7, 11) is 0. The van der Waals surface area contributed by atoms with Gasteiger partial charge in [0.1, 0.15) is 5.60 Å². The quantitative estimate of drug-likeness (QED) is 0.813. The molecule has 1 unspecified atom stereocenters. The van der Waals surface area contributed by atoms with Crippen molar-refractivity contribution in [2.75, 3.05) is 18.4 Å². The second-order valence-electron chi connectivity index (χ2n) is 7.11. The summed E-state index contributed by atoms with van der Waals surface area (Å²) in [5, 5.41) is 6.12. The highest BCUT2D eigenvalue weighted by atomic mass is 16.6. The Kier molecular flexibility index (Phi) is 6.20. The predicted molar refractivity (Wildman–Crippen MR) is 93.8 cm³/mol. The molecule has 1 aliphatic rings. The molecule has 1 aliphatic heterocycles. The van der Waals surface area contributed by atoms with Gasteiger partial charge in [-0.1, -0.05) is 12.1 Å². The molecule has 132 valence electrons. The van der Waals surface area contributed by atoms with Crippen LogP contribution in [0.2, 0.25) is 0 Å². The van der Waals surface area contributed by atoms with Crippen molar-refractivity contribution in [2.45, 2.75) is 51.8 Å². The van der Waals surface area contributed by atoms with Crippen LogP contribution in [0, 0.1) is 0 Å². The van der Waals surface area contributed by atoms with Crippen molar-refractivity contribution in [1.82, 2.24) is 10.2 Å². The first-order valence-electron chi connectivity index (χ1n) is 8.38. The summed E-state index contributed by atoms with van der Waals surface area (Å²) in [6, 6.07) is 7.97. The zero-order chi connectivity index (χ0) is 17.6. The van der Waals surface area contributed by atoms with Crippen LogP contribution in [-0.2, 0) is 16.1 Å². The van der Waals surface area contributed by atoms with E-state index in [2.05, 4.69) is 10.6 Å². The average Bonchev–Trinajstić information content (AvgIpc) is 2.53. The molecular weight excluding hydrogens is 306 g/mol. The van der Waals surface area contributed by atoms with E-state index in [1.165, 1.54) is 0 Å². The molecule has 2 N–H and O–H groups in total. The number of hydrogen-bond acceptors (Lipinski definition) is 4. The van der Waals surface area contributed by atoms with E-state index in [-0.39, 0.29) is 12.1 Å². The Bertz CT molecular complexity index is 552. The first kappa shape index (κ1) is 18.3. The minimum Gasteiger partial charge on any atom is -0.444 e. The summed E-state index contributed by atoms with van der Waals surface area (Å²) < 4.78 is 5.45. The monoisotopic (exact) mass is 333 g/mol. The molecule has 0 saturated carbocycles. The fourth-order valence-electron chi connectivity index (χ4n) is 2.69. The van der Waals surface area contributed by atoms with Gasteiger partial charge < -0.3 is 20.3 Å². The molecule has 24 heavy (non-hydrogen) atoms. The van der Waals surface area contributed by atoms with E-state index in [4.69, 9.17) is 4.74 Å². The molecule has 6 nitrogen and oxygen atoms in total. The molecule has 1 atom stereocenters. The SMILES string of the molecule is CC(C)(C)OC(=O)N1CCCC(NCc2ccc(NC=O)cc2)C1. The Labute approximate surface area is 143 Å². The Hall–Kier alpha value is -2.08. The third-order valence-electron chi connectivity index (χ3n) is 3.85. The number of nitrogens with zero attached hydrogens (tertiary/aromatic N) is 1. The van der Waals surface area contributed by atoms with Crippen molar-refractivity contribution >= 4 is 18.2 Å². The van der Waals surface area contributed by atoms with Crippen LogP contribution in [0.4, 0.5) is 10.5 Å². The van der Waals surface area contributed by atoms with Crippen molar-refractivity contribution in [3.8, 4) is 0 Å². The van der Waals surface area contributed by atoms with Gasteiger partial charge in [-0.3, -0.25) is 4.79 Å². The van der Waals surface area contributed by atoms with Crippen molar-refractivity contribution in [2.24, 2.45) is 0 Å². The van der Waals surface area contributed by atoms with E-state index >= 15 is 0 Å². The largest absolute Gasteiger partial charge is 0.444 e. The van der Waals surface area contributed by atoms with Crippen molar-refractivity contribution in [3.05, 3.63) is 29.8 Å². The number of amides is 2. The molecule has 0 aromatic heterocycles. The van der Waals surface area contributed by atoms with Crippen LogP contribution in [0.5, 0.6) is 0 Å². The van der Waals surface area contributed by atoms with Gasteiger partial charge in [0.25, 0.3) is 0 Å². The van der Waals surface area contributed by atoms with Gasteiger partial charge in [0.15, 0.2) is 0 Å². The van der Waals surface area contributed by atoms with Crippen LogP contribution in [0.3, 0.4) is 0 Å². The summed E-state index contributed by atoms with van der Waals surface area (Å²) in [4.78, 5) is 24.4. The second kappa shape index (κ2) is 8.15. The number of ether oxygens (including phenoxy) is 1. The molecule has 0 aliphatic carbocycles. The number of benzene rings is 1. The summed E-state index contributed by atoms with van der Waals surface area (Å²) in [6.45, 7) is 7.79. The Morgan fingerprint density at radius 1 is 1.33 bits per heavy atom. The van der Waals surface area contributed by atoms with Gasteiger partial charge in [0, 0.05) is 31.4 Å². The van der Waals surface area contributed by atoms with Gasteiger partial charge >= 0.3 is 6.09 Å². The third-order valence-corrected chi connectivity index (χ3v) is 3.85. The Balaban J connectivity index is 1.82. The smallest absolute Gasteiger partial charge is 0.410 e. The standard InChI is InChI=1S/C18H27N3O3/c1-18(2,3)24-17(23)21-10-4-5-16(12-21)19-11-14-6-8-15(9-7-14)20-13-22/h6-9,13,16,19H,4-5,10-12H2,1-3H3,(H,20,22). The summed E-state index contributed by atoms with van der Waals surface area (Å²) >= 11 is 0. The summed E-state index contributed by atoms with van der Waals surface area (Å²) in [5.41, 5.74) is 1.46. The van der Waals surface area contributed by atoms with Gasteiger partial charge in [-0.25, -0.2) is 4.79 Å². The number of rotatable bonds is 5. The molecular formula is C18H27N3O3. The lowest BCUT2D eigenvalue weighted by Crippen LogP contribution is -2.49. The number of piperidine rings is 1. The summed E-state index contributed by atoms with van der Waals surface area (Å²) in [6.07, 6.45) is 2.45. The number of carbonyl (C=O) groups excluding carboxylic acids is 2. The van der Waals surface area contributed by atoms with Crippen molar-refractivity contribution in [3.63, 3.8) is 0 Å². The van der Waals surface area contributed by atoms with Crippen LogP contribution in [0.1, 0.15) is 39.2 Å². The topological polar surface area (TPSA) is 70.7 Å². The fourth-order valence-corrected chi connectivity index (χ4v) is 2.69. The van der Waals surface area contributed by atoms with E-state index < -0.39 is 5.60 Å². The predicted octanol–water partition coefficient (Wildman–Crippen LogP) is 2.74. The van der Waals surface area contributed by atoms with Gasteiger partial charge in [-0.15, -0.1) is 0 Å². The van der Waals surface area contributed by atoms with E-state index in [0.29, 0.717) is 13.0 Å². The second-order valence-corrected chi connectivity index (χ2v) is 7.11. The van der Waals surface area contributed by atoms with Crippen LogP contribution in [-0.4, -0.2) is 42.1 Å². The van der Waals surface area contributed by atoms with Gasteiger partial charge in [-0.05, 0) is 51.3 Å². The first-order chi connectivity index (χ1) is 11.4. The molecule has 1 fully saturated rings. The third kappa shape index (κ3) is 5.85. The zero-order valence-corrected chi connectivity index (χ0v) is 14.7. The number of anilines is 1. The molecule has 0 bridgehead atoms. The number of nitrogens with one attached hydrogen (secondary N) is 2. The van der Waals surface area contributed by atoms with E-state index in [9.17, 15) is 9.59 Å². The minimum atomic E-state index is -0.464. The Morgan fingerprint density at radius 3 is 2.67 bits per heavy atom. The fraction of sp³-hybridized carbons (Fsp3) is 0.556. The van der Waals surface area contributed by atoms with Crippen molar-refractivity contribution < 1.29 is 14.3 Å². The number of carbonyl (C=O) groups is 2. The van der Waals surface area contributed by atoms with Crippen LogP contribution < -0.4 is 10.6 Å². The van der Waals surface area contributed by atoms with E-state index in [1.54, 1.807) is 4.90 Å². The molecule has 0 spiro atoms. The van der Waals surface area contributed by atoms with Crippen LogP contribution in [0.25, 0.3) is 0 Å². The molecule has 6 heteroatoms. The van der Waals surface area contributed by atoms with Gasteiger partial charge in [0.2, 0.25) is 6.41 Å². The van der Waals surface area contributed by atoms with E-state index in [0.717, 1.165) is 37.2 Å². The van der Waals surface area contributed by atoms with Crippen LogP contribution >= 0.6 is 0 Å². The lowest BCUT2D eigenvalue weighted by atomic mass is 10.1. The minimum absolute atomic E-state index is 0.238. The highest BCUT2D eigenvalue weighted by molar-refractivity contribution is 5.71. The molecule has 1 aromatic rings. The highest BCUT2D eigenvalue weighted by Gasteiger charge is 2.27. The van der Waals surface area contributed by atoms with Gasteiger partial charge in [0.05, 0.1) is 0 Å². The zero-order valence-electron chi connectivity index (χ0n) is 14.7. The van der Waals surface area contributed by atoms with E-state index in [1.807, 2.05) is 45.0 Å². The maximum absolute atomic E-state index is 12.2. The molecule has 1 aromatic carbocycles. The van der Waals surface area contributed by atoms with Crippen molar-refractivity contribution in [1.29, 1.82) is 0 Å². The van der Waals surface area contributed by atoms with Crippen LogP contribution in [0.15, 0.2) is 24.3 Å². The molecule has 1 heterocycles. The molecule has 1 saturated heterocycles. The highest BCUT2D eigenvalue weighted by Crippen LogP contribution is 2.16. The molecule has 2 amide bonds. The molecule has 0 radical (unpaired) electrons. The lowest BCUT2D eigenvalue weighted by molar-refractivity contribution is -0.105. The Morgan fingerprint density at radius 2 is 2.04 bits per heavy atom. The maximum Gasteiger partial charge on any atom is 0.410 e. The maximum atomic E-state index is 12.2.